The van der Waals surface area contributed by atoms with E-state index in [1.165, 1.54) is 6.92 Å². The van der Waals surface area contributed by atoms with Crippen molar-refractivity contribution in [2.24, 2.45) is 0 Å². The summed E-state index contributed by atoms with van der Waals surface area (Å²) in [6.45, 7) is 5.36. The molecule has 6 heteroatoms. The maximum atomic E-state index is 12.6. The number of anilines is 1. The fraction of sp³-hybridized carbons (Fsp3) is 0.190. The van der Waals surface area contributed by atoms with Crippen LogP contribution in [0.5, 0.6) is 5.75 Å². The normalized spacial score (nSPS) is 10.5. The van der Waals surface area contributed by atoms with Crippen molar-refractivity contribution < 1.29 is 18.8 Å². The van der Waals surface area contributed by atoms with Crippen LogP contribution in [0.2, 0.25) is 0 Å². The highest BCUT2D eigenvalue weighted by Gasteiger charge is 2.21. The molecule has 3 aromatic rings. The van der Waals surface area contributed by atoms with Gasteiger partial charge < -0.3 is 14.6 Å². The Morgan fingerprint density at radius 2 is 1.78 bits per heavy atom. The van der Waals surface area contributed by atoms with Gasteiger partial charge in [0.1, 0.15) is 18.1 Å². The minimum atomic E-state index is -0.397. The van der Waals surface area contributed by atoms with Crippen molar-refractivity contribution >= 4 is 17.4 Å². The summed E-state index contributed by atoms with van der Waals surface area (Å²) in [6.07, 6.45) is 0. The molecule has 0 unspecified atom stereocenters. The van der Waals surface area contributed by atoms with E-state index >= 15 is 0 Å². The van der Waals surface area contributed by atoms with Crippen LogP contribution in [-0.2, 0) is 6.61 Å². The summed E-state index contributed by atoms with van der Waals surface area (Å²) in [5.41, 5.74) is 2.92. The molecule has 1 heterocycles. The smallest absolute Gasteiger partial charge is 0.278 e. The van der Waals surface area contributed by atoms with Gasteiger partial charge in [0.05, 0.1) is 5.56 Å². The van der Waals surface area contributed by atoms with Crippen molar-refractivity contribution in [3.8, 4) is 5.75 Å². The van der Waals surface area contributed by atoms with E-state index in [9.17, 15) is 9.59 Å². The summed E-state index contributed by atoms with van der Waals surface area (Å²) in [5, 5.41) is 6.63. The zero-order valence-electron chi connectivity index (χ0n) is 15.4. The van der Waals surface area contributed by atoms with E-state index in [-0.39, 0.29) is 18.1 Å². The molecule has 0 saturated carbocycles. The van der Waals surface area contributed by atoms with Crippen LogP contribution >= 0.6 is 0 Å². The molecule has 0 aliphatic rings. The summed E-state index contributed by atoms with van der Waals surface area (Å²) in [6, 6.07) is 14.3. The van der Waals surface area contributed by atoms with Gasteiger partial charge in [-0.3, -0.25) is 9.59 Å². The lowest BCUT2D eigenvalue weighted by Gasteiger charge is -2.09. The molecule has 1 aromatic heterocycles. The van der Waals surface area contributed by atoms with Gasteiger partial charge in [-0.2, -0.15) is 0 Å². The lowest BCUT2D eigenvalue weighted by atomic mass is 10.1. The van der Waals surface area contributed by atoms with Gasteiger partial charge in [-0.15, -0.1) is 0 Å². The first-order valence-corrected chi connectivity index (χ1v) is 8.51. The van der Waals surface area contributed by atoms with Gasteiger partial charge in [-0.25, -0.2) is 0 Å². The number of ether oxygens (including phenoxy) is 1. The minimum Gasteiger partial charge on any atom is -0.488 e. The average molecular weight is 364 g/mol. The zero-order chi connectivity index (χ0) is 19.4. The van der Waals surface area contributed by atoms with Crippen molar-refractivity contribution in [2.75, 3.05) is 5.32 Å². The standard InChI is InChI=1S/C21H20N2O4/c1-13-6-4-5-7-19(13)26-12-18-15(3)27-23-20(18)21(25)22-17-10-8-16(9-11-17)14(2)24/h4-11H,12H2,1-3H3,(H,22,25). The summed E-state index contributed by atoms with van der Waals surface area (Å²) >= 11 is 0. The number of benzene rings is 2. The van der Waals surface area contributed by atoms with E-state index in [4.69, 9.17) is 9.26 Å². The third kappa shape index (κ3) is 4.23. The quantitative estimate of drug-likeness (QED) is 0.659. The van der Waals surface area contributed by atoms with Crippen molar-refractivity contribution in [1.29, 1.82) is 0 Å². The summed E-state index contributed by atoms with van der Waals surface area (Å²) in [5.74, 6) is 0.839. The second-order valence-corrected chi connectivity index (χ2v) is 6.21. The first kappa shape index (κ1) is 18.4. The Morgan fingerprint density at radius 1 is 1.07 bits per heavy atom. The molecule has 0 aliphatic heterocycles. The molecular weight excluding hydrogens is 344 g/mol. The summed E-state index contributed by atoms with van der Waals surface area (Å²) in [7, 11) is 0. The van der Waals surface area contributed by atoms with Gasteiger partial charge >= 0.3 is 0 Å². The molecule has 1 amide bonds. The number of nitrogens with zero attached hydrogens (tertiary/aromatic N) is 1. The number of amides is 1. The van der Waals surface area contributed by atoms with Crippen LogP contribution < -0.4 is 10.1 Å². The Hall–Kier alpha value is -3.41. The van der Waals surface area contributed by atoms with Gasteiger partial charge in [0.2, 0.25) is 0 Å². The van der Waals surface area contributed by atoms with Crippen LogP contribution in [0.25, 0.3) is 0 Å². The van der Waals surface area contributed by atoms with Gasteiger partial charge in [0.15, 0.2) is 11.5 Å². The van der Waals surface area contributed by atoms with E-state index in [1.54, 1.807) is 31.2 Å². The Labute approximate surface area is 157 Å². The summed E-state index contributed by atoms with van der Waals surface area (Å²) < 4.78 is 11.0. The summed E-state index contributed by atoms with van der Waals surface area (Å²) in [4.78, 5) is 23.9. The highest BCUT2D eigenvalue weighted by atomic mass is 16.5. The number of carbonyl (C=O) groups excluding carboxylic acids is 2. The Balaban J connectivity index is 1.74. The predicted molar refractivity (Wildman–Crippen MR) is 101 cm³/mol. The molecule has 0 spiro atoms. The van der Waals surface area contributed by atoms with Crippen LogP contribution in [0.1, 0.15) is 44.7 Å². The molecular formula is C21H20N2O4. The fourth-order valence-electron chi connectivity index (χ4n) is 2.59. The molecule has 0 bridgehead atoms. The van der Waals surface area contributed by atoms with E-state index in [0.717, 1.165) is 11.3 Å². The van der Waals surface area contributed by atoms with Crippen LogP contribution in [0.15, 0.2) is 53.1 Å². The van der Waals surface area contributed by atoms with Crippen LogP contribution in [0, 0.1) is 13.8 Å². The average Bonchev–Trinajstić information content (AvgIpc) is 3.02. The molecule has 0 fully saturated rings. The van der Waals surface area contributed by atoms with Crippen molar-refractivity contribution in [1.82, 2.24) is 5.16 Å². The molecule has 0 atom stereocenters. The second kappa shape index (κ2) is 7.86. The molecule has 0 aliphatic carbocycles. The van der Waals surface area contributed by atoms with Crippen LogP contribution in [0.4, 0.5) is 5.69 Å². The molecule has 0 radical (unpaired) electrons. The van der Waals surface area contributed by atoms with Gasteiger partial charge in [0.25, 0.3) is 5.91 Å². The predicted octanol–water partition coefficient (Wildman–Crippen LogP) is 4.33. The number of carbonyl (C=O) groups is 2. The number of aromatic nitrogens is 1. The van der Waals surface area contributed by atoms with Gasteiger partial charge in [-0.1, -0.05) is 23.4 Å². The van der Waals surface area contributed by atoms with Crippen molar-refractivity contribution in [3.05, 3.63) is 76.7 Å². The Kier molecular flexibility index (Phi) is 5.35. The number of nitrogens with one attached hydrogen (secondary N) is 1. The monoisotopic (exact) mass is 364 g/mol. The van der Waals surface area contributed by atoms with Crippen LogP contribution in [0.3, 0.4) is 0 Å². The van der Waals surface area contributed by atoms with Gasteiger partial charge in [-0.05, 0) is 56.7 Å². The number of para-hydroxylation sites is 1. The lowest BCUT2D eigenvalue weighted by molar-refractivity contribution is 0.101. The third-order valence-corrected chi connectivity index (χ3v) is 4.21. The van der Waals surface area contributed by atoms with Crippen molar-refractivity contribution in [3.63, 3.8) is 0 Å². The Bertz CT molecular complexity index is 974. The number of aryl methyl sites for hydroxylation is 2. The van der Waals surface area contributed by atoms with Crippen molar-refractivity contribution in [2.45, 2.75) is 27.4 Å². The molecule has 1 N–H and O–H groups in total. The van der Waals surface area contributed by atoms with E-state index in [0.29, 0.717) is 22.6 Å². The van der Waals surface area contributed by atoms with Gasteiger partial charge in [0, 0.05) is 11.3 Å². The first-order chi connectivity index (χ1) is 13.0. The fourth-order valence-corrected chi connectivity index (χ4v) is 2.59. The maximum Gasteiger partial charge on any atom is 0.278 e. The molecule has 138 valence electrons. The Morgan fingerprint density at radius 3 is 2.44 bits per heavy atom. The number of hydrogen-bond donors (Lipinski definition) is 1. The topological polar surface area (TPSA) is 81.4 Å². The van der Waals surface area contributed by atoms with E-state index < -0.39 is 5.91 Å². The molecule has 6 nitrogen and oxygen atoms in total. The molecule has 0 saturated heterocycles. The number of hydrogen-bond acceptors (Lipinski definition) is 5. The van der Waals surface area contributed by atoms with E-state index in [1.807, 2.05) is 31.2 Å². The highest BCUT2D eigenvalue weighted by molar-refractivity contribution is 6.04. The first-order valence-electron chi connectivity index (χ1n) is 8.51. The zero-order valence-corrected chi connectivity index (χ0v) is 15.4. The molecule has 3 rings (SSSR count). The third-order valence-electron chi connectivity index (χ3n) is 4.21. The number of Topliss-reactive ketones (excluding diaryl/α,β-unsaturated/α-hetero) is 1. The second-order valence-electron chi connectivity index (χ2n) is 6.21. The van der Waals surface area contributed by atoms with E-state index in [2.05, 4.69) is 10.5 Å². The molecule has 27 heavy (non-hydrogen) atoms. The van der Waals surface area contributed by atoms with Crippen LogP contribution in [-0.4, -0.2) is 16.8 Å². The highest BCUT2D eigenvalue weighted by Crippen LogP contribution is 2.21. The molecule has 2 aromatic carbocycles. The lowest BCUT2D eigenvalue weighted by Crippen LogP contribution is -2.15. The minimum absolute atomic E-state index is 0.0318. The maximum absolute atomic E-state index is 12.6. The number of ketones is 1. The largest absolute Gasteiger partial charge is 0.488 e. The SMILES string of the molecule is CC(=O)c1ccc(NC(=O)c2noc(C)c2COc2ccccc2C)cc1. The number of rotatable bonds is 6.